The average Bonchev–Trinajstić information content (AvgIpc) is 2.82. The van der Waals surface area contributed by atoms with Crippen LogP contribution in [0.25, 0.3) is 5.57 Å². The topological polar surface area (TPSA) is 92.8 Å². The van der Waals surface area contributed by atoms with Crippen molar-refractivity contribution in [2.75, 3.05) is 19.0 Å². The Hall–Kier alpha value is -3.62. The van der Waals surface area contributed by atoms with Gasteiger partial charge in [0, 0.05) is 21.8 Å². The van der Waals surface area contributed by atoms with Crippen LogP contribution < -0.4 is 5.32 Å². The van der Waals surface area contributed by atoms with E-state index in [0.29, 0.717) is 21.8 Å². The smallest absolute Gasteiger partial charge is 0.356 e. The molecule has 1 aliphatic rings. The lowest BCUT2D eigenvalue weighted by Gasteiger charge is -2.33. The molecule has 180 valence electrons. The van der Waals surface area contributed by atoms with Gasteiger partial charge in [-0.15, -0.1) is 0 Å². The molecule has 9 heteroatoms. The first-order valence-corrected chi connectivity index (χ1v) is 12.5. The molecule has 35 heavy (non-hydrogen) atoms. The van der Waals surface area contributed by atoms with Gasteiger partial charge in [-0.1, -0.05) is 59.6 Å². The number of amides is 1. The van der Waals surface area contributed by atoms with Crippen LogP contribution in [-0.4, -0.2) is 38.3 Å². The van der Waals surface area contributed by atoms with Crippen LogP contribution in [0.4, 0.5) is 5.69 Å². The van der Waals surface area contributed by atoms with Crippen LogP contribution in [0.2, 0.25) is 5.02 Å². The zero-order valence-electron chi connectivity index (χ0n) is 19.3. The second-order valence-corrected chi connectivity index (χ2v) is 10.4. The van der Waals surface area contributed by atoms with Crippen molar-refractivity contribution in [2.45, 2.75) is 18.7 Å². The number of carbonyl (C=O) groups excluding carboxylic acids is 2. The van der Waals surface area contributed by atoms with E-state index >= 15 is 0 Å². The van der Waals surface area contributed by atoms with Crippen LogP contribution in [0.15, 0.2) is 77.3 Å². The number of carbonyl (C=O) groups is 2. The van der Waals surface area contributed by atoms with Gasteiger partial charge < -0.3 is 10.1 Å². The van der Waals surface area contributed by atoms with Crippen molar-refractivity contribution in [1.29, 1.82) is 0 Å². The molecule has 0 saturated carbocycles. The molecule has 0 saturated heterocycles. The maximum Gasteiger partial charge on any atom is 0.356 e. The average molecular weight is 511 g/mol. The Labute approximate surface area is 209 Å². The van der Waals surface area contributed by atoms with E-state index in [9.17, 15) is 18.0 Å². The summed E-state index contributed by atoms with van der Waals surface area (Å²) in [5.74, 6) is -1.50. The van der Waals surface area contributed by atoms with Crippen LogP contribution in [0.5, 0.6) is 0 Å². The largest absolute Gasteiger partial charge is 0.464 e. The number of rotatable bonds is 5. The number of hydrogen-bond donors (Lipinski definition) is 1. The molecule has 3 aromatic carbocycles. The van der Waals surface area contributed by atoms with E-state index in [0.717, 1.165) is 22.5 Å². The molecule has 1 heterocycles. The van der Waals surface area contributed by atoms with Gasteiger partial charge in [0.1, 0.15) is 12.2 Å². The number of esters is 1. The molecule has 0 atom stereocenters. The Morgan fingerprint density at radius 2 is 1.71 bits per heavy atom. The highest BCUT2D eigenvalue weighted by atomic mass is 35.5. The highest BCUT2D eigenvalue weighted by Gasteiger charge is 2.41. The van der Waals surface area contributed by atoms with Gasteiger partial charge in [0.05, 0.1) is 12.0 Å². The highest BCUT2D eigenvalue weighted by Crippen LogP contribution is 2.41. The van der Waals surface area contributed by atoms with Crippen molar-refractivity contribution >= 4 is 44.8 Å². The molecule has 7 nitrogen and oxygen atoms in total. The zero-order valence-corrected chi connectivity index (χ0v) is 20.9. The monoisotopic (exact) mass is 510 g/mol. The van der Waals surface area contributed by atoms with Crippen molar-refractivity contribution in [3.8, 4) is 0 Å². The molecule has 0 bridgehead atoms. The summed E-state index contributed by atoms with van der Waals surface area (Å²) >= 11 is 6.21. The minimum atomic E-state index is -4.29. The van der Waals surface area contributed by atoms with Crippen LogP contribution in [-0.2, 0) is 24.3 Å². The lowest BCUT2D eigenvalue weighted by atomic mass is 9.95. The number of hydrogen-bond acceptors (Lipinski definition) is 5. The number of anilines is 1. The standard InChI is InChI=1S/C26H23ClN2O5S/c1-16-9-11-21(17(2)13-16)28-23(30)15-29-25(26(31)34-3)24(18-7-5-4-6-8-18)20-14-19(27)10-12-22(20)35(29,32)33/h4-14H,15H2,1-3H3,(H,28,30). The van der Waals surface area contributed by atoms with Gasteiger partial charge in [-0.3, -0.25) is 4.79 Å². The third-order valence-electron chi connectivity index (χ3n) is 5.65. The fourth-order valence-electron chi connectivity index (χ4n) is 4.05. The summed E-state index contributed by atoms with van der Waals surface area (Å²) in [5.41, 5.74) is 3.29. The van der Waals surface area contributed by atoms with Gasteiger partial charge in [0.25, 0.3) is 10.0 Å². The molecule has 3 aromatic rings. The molecule has 1 N–H and O–H groups in total. The molecule has 0 aromatic heterocycles. The van der Waals surface area contributed by atoms with Crippen molar-refractivity contribution in [3.05, 3.63) is 99.7 Å². The van der Waals surface area contributed by atoms with Crippen LogP contribution >= 0.6 is 11.6 Å². The molecule has 0 fully saturated rings. The molecule has 0 radical (unpaired) electrons. The van der Waals surface area contributed by atoms with Crippen molar-refractivity contribution < 1.29 is 22.7 Å². The van der Waals surface area contributed by atoms with Gasteiger partial charge in [0.15, 0.2) is 0 Å². The normalized spacial score (nSPS) is 14.3. The lowest BCUT2D eigenvalue weighted by Crippen LogP contribution is -2.43. The number of sulfonamides is 1. The van der Waals surface area contributed by atoms with Gasteiger partial charge in [-0.25, -0.2) is 17.5 Å². The third kappa shape index (κ3) is 4.67. The quantitative estimate of drug-likeness (QED) is 0.509. The van der Waals surface area contributed by atoms with E-state index in [2.05, 4.69) is 5.32 Å². The van der Waals surface area contributed by atoms with Crippen LogP contribution in [0.3, 0.4) is 0 Å². The number of halogens is 1. The van der Waals surface area contributed by atoms with Crippen LogP contribution in [0.1, 0.15) is 22.3 Å². The number of benzene rings is 3. The Bertz CT molecular complexity index is 1470. The molecular formula is C26H23ClN2O5S. The molecule has 1 aliphatic heterocycles. The minimum Gasteiger partial charge on any atom is -0.464 e. The predicted molar refractivity (Wildman–Crippen MR) is 134 cm³/mol. The summed E-state index contributed by atoms with van der Waals surface area (Å²) in [6, 6.07) is 18.6. The summed E-state index contributed by atoms with van der Waals surface area (Å²) in [5, 5.41) is 3.05. The van der Waals surface area contributed by atoms with Crippen molar-refractivity contribution in [1.82, 2.24) is 4.31 Å². The summed E-state index contributed by atoms with van der Waals surface area (Å²) in [7, 11) is -3.14. The van der Waals surface area contributed by atoms with Gasteiger partial charge in [-0.05, 0) is 49.2 Å². The number of nitrogens with zero attached hydrogens (tertiary/aromatic N) is 1. The van der Waals surface area contributed by atoms with E-state index in [1.54, 1.807) is 36.4 Å². The van der Waals surface area contributed by atoms with E-state index in [-0.39, 0.29) is 16.2 Å². The second kappa shape index (κ2) is 9.56. The minimum absolute atomic E-state index is 0.0623. The van der Waals surface area contributed by atoms with E-state index in [1.165, 1.54) is 18.2 Å². The molecule has 0 unspecified atom stereocenters. The molecule has 0 spiro atoms. The SMILES string of the molecule is COC(=O)C1=C(c2ccccc2)c2cc(Cl)ccc2S(=O)(=O)N1CC(=O)Nc1ccc(C)cc1C. The Kier molecular flexibility index (Phi) is 6.69. The Morgan fingerprint density at radius 1 is 1.00 bits per heavy atom. The van der Waals surface area contributed by atoms with Gasteiger partial charge in [0.2, 0.25) is 5.91 Å². The number of ether oxygens (including phenoxy) is 1. The Morgan fingerprint density at radius 3 is 2.37 bits per heavy atom. The fourth-order valence-corrected chi connectivity index (χ4v) is 5.83. The zero-order chi connectivity index (χ0) is 25.3. The maximum atomic E-state index is 13.7. The first kappa shape index (κ1) is 24.5. The number of methoxy groups -OCH3 is 1. The second-order valence-electron chi connectivity index (χ2n) is 8.10. The molecular weight excluding hydrogens is 488 g/mol. The summed E-state index contributed by atoms with van der Waals surface area (Å²) in [4.78, 5) is 26.0. The summed E-state index contributed by atoms with van der Waals surface area (Å²) in [6.07, 6.45) is 0. The molecule has 0 aliphatic carbocycles. The molecule has 4 rings (SSSR count). The maximum absolute atomic E-state index is 13.7. The van der Waals surface area contributed by atoms with Crippen molar-refractivity contribution in [2.24, 2.45) is 0 Å². The number of fused-ring (bicyclic) bond motifs is 1. The first-order valence-electron chi connectivity index (χ1n) is 10.7. The predicted octanol–water partition coefficient (Wildman–Crippen LogP) is 4.53. The Balaban J connectivity index is 1.88. The fraction of sp³-hybridized carbons (Fsp3) is 0.154. The first-order chi connectivity index (χ1) is 16.6. The van der Waals surface area contributed by atoms with E-state index in [1.807, 2.05) is 26.0 Å². The van der Waals surface area contributed by atoms with Crippen molar-refractivity contribution in [3.63, 3.8) is 0 Å². The number of aryl methyl sites for hydroxylation is 2. The highest BCUT2D eigenvalue weighted by molar-refractivity contribution is 7.89. The third-order valence-corrected chi connectivity index (χ3v) is 7.69. The van der Waals surface area contributed by atoms with E-state index < -0.39 is 28.4 Å². The van der Waals surface area contributed by atoms with E-state index in [4.69, 9.17) is 16.3 Å². The summed E-state index contributed by atoms with van der Waals surface area (Å²) < 4.78 is 33.1. The van der Waals surface area contributed by atoms with Gasteiger partial charge in [-0.2, -0.15) is 0 Å². The summed E-state index contributed by atoms with van der Waals surface area (Å²) in [6.45, 7) is 3.15. The number of nitrogens with one attached hydrogen (secondary N) is 1. The van der Waals surface area contributed by atoms with Gasteiger partial charge >= 0.3 is 5.97 Å². The lowest BCUT2D eigenvalue weighted by molar-refractivity contribution is -0.137. The molecule has 1 amide bonds. The van der Waals surface area contributed by atoms with Crippen LogP contribution in [0, 0.1) is 13.8 Å².